The molecule has 2 aromatic rings. The van der Waals surface area contributed by atoms with Crippen molar-refractivity contribution in [2.45, 2.75) is 44.7 Å². The number of piperazine rings is 1. The average Bonchev–Trinajstić information content (AvgIpc) is 3.15. The van der Waals surface area contributed by atoms with Crippen LogP contribution in [0.2, 0.25) is 0 Å². The van der Waals surface area contributed by atoms with Crippen molar-refractivity contribution in [2.75, 3.05) is 26.2 Å². The summed E-state index contributed by atoms with van der Waals surface area (Å²) >= 11 is 0. The van der Waals surface area contributed by atoms with Crippen LogP contribution in [0.25, 0.3) is 5.69 Å². The first-order chi connectivity index (χ1) is 13.1. The second-order valence-electron chi connectivity index (χ2n) is 8.08. The summed E-state index contributed by atoms with van der Waals surface area (Å²) in [5, 5.41) is 11.0. The summed E-state index contributed by atoms with van der Waals surface area (Å²) in [6.45, 7) is 8.74. The number of benzene rings is 1. The quantitative estimate of drug-likeness (QED) is 0.868. The molecule has 0 saturated carbocycles. The van der Waals surface area contributed by atoms with Crippen molar-refractivity contribution in [3.8, 4) is 5.69 Å². The Balaban J connectivity index is 1.37. The lowest BCUT2D eigenvalue weighted by Gasteiger charge is -2.43. The van der Waals surface area contributed by atoms with E-state index in [4.69, 9.17) is 0 Å². The van der Waals surface area contributed by atoms with E-state index in [-0.39, 0.29) is 11.4 Å². The van der Waals surface area contributed by atoms with Crippen LogP contribution >= 0.6 is 0 Å². The fourth-order valence-electron chi connectivity index (χ4n) is 4.08. The molecule has 2 fully saturated rings. The second kappa shape index (κ2) is 7.44. The molecule has 2 N–H and O–H groups in total. The molecule has 0 aliphatic carbocycles. The zero-order valence-corrected chi connectivity index (χ0v) is 16.2. The molecule has 2 aliphatic rings. The molecule has 144 valence electrons. The molecule has 0 bridgehead atoms. The highest BCUT2D eigenvalue weighted by molar-refractivity contribution is 5.87. The predicted octanol–water partition coefficient (Wildman–Crippen LogP) is 2.05. The Hall–Kier alpha value is -2.18. The maximum absolute atomic E-state index is 12.3. The summed E-state index contributed by atoms with van der Waals surface area (Å²) in [5.41, 5.74) is 3.29. The van der Waals surface area contributed by atoms with Gasteiger partial charge < -0.3 is 10.6 Å². The third kappa shape index (κ3) is 3.77. The highest BCUT2D eigenvalue weighted by Gasteiger charge is 2.42. The smallest absolute Gasteiger partial charge is 0.240 e. The van der Waals surface area contributed by atoms with Gasteiger partial charge in [-0.05, 0) is 36.5 Å². The van der Waals surface area contributed by atoms with Crippen LogP contribution in [0.1, 0.15) is 43.7 Å². The maximum atomic E-state index is 12.3. The van der Waals surface area contributed by atoms with Crippen molar-refractivity contribution < 1.29 is 4.79 Å². The van der Waals surface area contributed by atoms with Crippen molar-refractivity contribution >= 4 is 5.91 Å². The minimum Gasteiger partial charge on any atom is -0.353 e. The molecule has 2 saturated heterocycles. The number of aromatic nitrogens is 2. The Labute approximate surface area is 160 Å². The van der Waals surface area contributed by atoms with Crippen LogP contribution in [0.15, 0.2) is 36.7 Å². The van der Waals surface area contributed by atoms with Crippen molar-refractivity contribution in [1.29, 1.82) is 0 Å². The summed E-state index contributed by atoms with van der Waals surface area (Å²) in [6, 6.07) is 8.61. The number of rotatable bonds is 4. The number of amides is 1. The molecule has 1 aromatic carbocycles. The van der Waals surface area contributed by atoms with Crippen LogP contribution in [0.5, 0.6) is 0 Å². The van der Waals surface area contributed by atoms with E-state index in [2.05, 4.69) is 64.9 Å². The lowest BCUT2D eigenvalue weighted by molar-refractivity contribution is -0.131. The van der Waals surface area contributed by atoms with Crippen molar-refractivity contribution in [1.82, 2.24) is 25.3 Å². The van der Waals surface area contributed by atoms with Gasteiger partial charge in [0.2, 0.25) is 5.91 Å². The predicted molar refractivity (Wildman–Crippen MR) is 106 cm³/mol. The van der Waals surface area contributed by atoms with Gasteiger partial charge in [-0.1, -0.05) is 26.0 Å². The maximum Gasteiger partial charge on any atom is 0.240 e. The summed E-state index contributed by atoms with van der Waals surface area (Å²) < 4.78 is 1.95. The van der Waals surface area contributed by atoms with Crippen LogP contribution in [0, 0.1) is 0 Å². The van der Waals surface area contributed by atoms with E-state index in [1.807, 2.05) is 10.9 Å². The molecule has 6 nitrogen and oxygen atoms in total. The molecular formula is C21H29N5O. The summed E-state index contributed by atoms with van der Waals surface area (Å²) in [5.74, 6) is 0.710. The Bertz CT molecular complexity index is 787. The van der Waals surface area contributed by atoms with Crippen molar-refractivity contribution in [3.63, 3.8) is 0 Å². The standard InChI is InChI=1S/C21H29N5O/c1-16(2)18-3-5-19(6-4-18)26-15-17(13-24-26)14-25-11-7-21(8-12-25)20(27)22-9-10-23-21/h3-6,13,15-16,23H,7-12,14H2,1-2H3,(H,22,27). The minimum atomic E-state index is -0.350. The van der Waals surface area contributed by atoms with E-state index in [1.54, 1.807) is 0 Å². The lowest BCUT2D eigenvalue weighted by atomic mass is 9.85. The zero-order chi connectivity index (χ0) is 18.9. The van der Waals surface area contributed by atoms with Gasteiger partial charge in [-0.15, -0.1) is 0 Å². The van der Waals surface area contributed by atoms with Gasteiger partial charge in [-0.25, -0.2) is 4.68 Å². The number of nitrogens with one attached hydrogen (secondary N) is 2. The van der Waals surface area contributed by atoms with Gasteiger partial charge in [0, 0.05) is 44.5 Å². The van der Waals surface area contributed by atoms with Crippen LogP contribution in [0.4, 0.5) is 0 Å². The fraction of sp³-hybridized carbons (Fsp3) is 0.524. The number of piperidine rings is 1. The highest BCUT2D eigenvalue weighted by atomic mass is 16.2. The number of hydrogen-bond donors (Lipinski definition) is 2. The van der Waals surface area contributed by atoms with Gasteiger partial charge in [0.25, 0.3) is 0 Å². The third-order valence-electron chi connectivity index (χ3n) is 5.88. The second-order valence-corrected chi connectivity index (χ2v) is 8.08. The molecule has 1 amide bonds. The SMILES string of the molecule is CC(C)c1ccc(-n2cc(CN3CCC4(CC3)NCCNC4=O)cn2)cc1. The van der Waals surface area contributed by atoms with Gasteiger partial charge in [-0.3, -0.25) is 9.69 Å². The Kier molecular flexibility index (Phi) is 5.02. The first-order valence-corrected chi connectivity index (χ1v) is 9.95. The van der Waals surface area contributed by atoms with E-state index in [0.717, 1.165) is 51.3 Å². The van der Waals surface area contributed by atoms with E-state index in [1.165, 1.54) is 11.1 Å². The number of nitrogens with zero attached hydrogens (tertiary/aromatic N) is 3. The lowest BCUT2D eigenvalue weighted by Crippen LogP contribution is -2.66. The fourth-order valence-corrected chi connectivity index (χ4v) is 4.08. The van der Waals surface area contributed by atoms with E-state index < -0.39 is 0 Å². The molecule has 3 heterocycles. The number of carbonyl (C=O) groups excluding carboxylic acids is 1. The van der Waals surface area contributed by atoms with Crippen LogP contribution in [-0.2, 0) is 11.3 Å². The molecule has 4 rings (SSSR count). The van der Waals surface area contributed by atoms with Crippen molar-refractivity contribution in [3.05, 3.63) is 47.8 Å². The van der Waals surface area contributed by atoms with Gasteiger partial charge in [-0.2, -0.15) is 5.10 Å². The molecule has 0 atom stereocenters. The number of hydrogen-bond acceptors (Lipinski definition) is 4. The highest BCUT2D eigenvalue weighted by Crippen LogP contribution is 2.25. The van der Waals surface area contributed by atoms with E-state index in [9.17, 15) is 4.79 Å². The summed E-state index contributed by atoms with van der Waals surface area (Å²) in [6.07, 6.45) is 5.79. The molecule has 6 heteroatoms. The molecule has 1 aromatic heterocycles. The van der Waals surface area contributed by atoms with Gasteiger partial charge in [0.1, 0.15) is 5.54 Å². The Morgan fingerprint density at radius 2 is 1.89 bits per heavy atom. The van der Waals surface area contributed by atoms with E-state index in [0.29, 0.717) is 5.92 Å². The number of likely N-dealkylation sites (tertiary alicyclic amines) is 1. The topological polar surface area (TPSA) is 62.2 Å². The molecule has 2 aliphatic heterocycles. The van der Waals surface area contributed by atoms with Gasteiger partial charge in [0.15, 0.2) is 0 Å². The Morgan fingerprint density at radius 1 is 1.15 bits per heavy atom. The zero-order valence-electron chi connectivity index (χ0n) is 16.2. The van der Waals surface area contributed by atoms with Crippen LogP contribution < -0.4 is 10.6 Å². The first kappa shape index (κ1) is 18.2. The van der Waals surface area contributed by atoms with Crippen molar-refractivity contribution in [2.24, 2.45) is 0 Å². The molecule has 27 heavy (non-hydrogen) atoms. The Morgan fingerprint density at radius 3 is 2.56 bits per heavy atom. The van der Waals surface area contributed by atoms with Crippen LogP contribution in [-0.4, -0.2) is 52.3 Å². The monoisotopic (exact) mass is 367 g/mol. The van der Waals surface area contributed by atoms with Crippen LogP contribution in [0.3, 0.4) is 0 Å². The first-order valence-electron chi connectivity index (χ1n) is 9.95. The largest absolute Gasteiger partial charge is 0.353 e. The summed E-state index contributed by atoms with van der Waals surface area (Å²) in [7, 11) is 0. The van der Waals surface area contributed by atoms with Gasteiger partial charge in [0.05, 0.1) is 11.9 Å². The minimum absolute atomic E-state index is 0.172. The summed E-state index contributed by atoms with van der Waals surface area (Å²) in [4.78, 5) is 14.7. The molecular weight excluding hydrogens is 338 g/mol. The molecule has 0 unspecified atom stereocenters. The van der Waals surface area contributed by atoms with Gasteiger partial charge >= 0.3 is 0 Å². The third-order valence-corrected chi connectivity index (χ3v) is 5.88. The van der Waals surface area contributed by atoms with E-state index >= 15 is 0 Å². The normalized spacial score (nSPS) is 20.2. The average molecular weight is 367 g/mol. The number of carbonyl (C=O) groups is 1. The molecule has 1 spiro atoms. The molecule has 0 radical (unpaired) electrons.